The monoisotopic (exact) mass is 142 g/mol. The Morgan fingerprint density at radius 1 is 1.09 bits per heavy atom. The first-order chi connectivity index (χ1) is 5.33. The lowest BCUT2D eigenvalue weighted by molar-refractivity contribution is 1.46. The van der Waals surface area contributed by atoms with E-state index < -0.39 is 0 Å². The minimum atomic E-state index is 0.945. The third-order valence-electron chi connectivity index (χ3n) is 1.22. The van der Waals surface area contributed by atoms with Gasteiger partial charge in [0, 0.05) is 5.56 Å². The zero-order valence-electron chi connectivity index (χ0n) is 6.54. The molecular formula is C11H10. The van der Waals surface area contributed by atoms with E-state index in [1.165, 1.54) is 5.56 Å². The molecule has 1 aromatic rings. The molecule has 0 aromatic heterocycles. The van der Waals surface area contributed by atoms with Crippen LogP contribution >= 0.6 is 0 Å². The number of rotatable bonds is 0. The van der Waals surface area contributed by atoms with Crippen molar-refractivity contribution in [3.8, 4) is 25.2 Å². The van der Waals surface area contributed by atoms with Crippen molar-refractivity contribution in [1.82, 2.24) is 0 Å². The second kappa shape index (κ2) is 5.15. The standard InChI is InChI=1S/C9H8.C2H2/c1-3-9-6-4-8(2)5-7-9;1-2/h1,4-7H,2H3;1-2H. The van der Waals surface area contributed by atoms with Crippen LogP contribution < -0.4 is 0 Å². The van der Waals surface area contributed by atoms with E-state index in [1.807, 2.05) is 31.2 Å². The average molecular weight is 142 g/mol. The Labute approximate surface area is 68.3 Å². The van der Waals surface area contributed by atoms with Gasteiger partial charge in [-0.3, -0.25) is 0 Å². The van der Waals surface area contributed by atoms with Crippen molar-refractivity contribution >= 4 is 0 Å². The molecule has 54 valence electrons. The fraction of sp³-hybridized carbons (Fsp3) is 0.0909. The first-order valence-corrected chi connectivity index (χ1v) is 3.19. The van der Waals surface area contributed by atoms with E-state index >= 15 is 0 Å². The van der Waals surface area contributed by atoms with Crippen molar-refractivity contribution in [2.75, 3.05) is 0 Å². The Balaban J connectivity index is 0.000000461. The molecule has 0 radical (unpaired) electrons. The second-order valence-corrected chi connectivity index (χ2v) is 2.01. The maximum absolute atomic E-state index is 5.15. The normalized spacial score (nSPS) is 7.09. The van der Waals surface area contributed by atoms with Crippen molar-refractivity contribution in [1.29, 1.82) is 0 Å². The Bertz CT molecular complexity index is 256. The van der Waals surface area contributed by atoms with E-state index in [0.717, 1.165) is 5.56 Å². The van der Waals surface area contributed by atoms with E-state index in [0.29, 0.717) is 0 Å². The van der Waals surface area contributed by atoms with Crippen LogP contribution in [0.2, 0.25) is 0 Å². The van der Waals surface area contributed by atoms with Crippen molar-refractivity contribution < 1.29 is 0 Å². The number of benzene rings is 1. The summed E-state index contributed by atoms with van der Waals surface area (Å²) >= 11 is 0. The number of hydrogen-bond donors (Lipinski definition) is 0. The lowest BCUT2D eigenvalue weighted by Crippen LogP contribution is -1.72. The van der Waals surface area contributed by atoms with E-state index in [4.69, 9.17) is 6.42 Å². The van der Waals surface area contributed by atoms with E-state index in [-0.39, 0.29) is 0 Å². The SMILES string of the molecule is C#C.C#Cc1ccc(C)cc1. The molecule has 0 heteroatoms. The van der Waals surface area contributed by atoms with Crippen LogP contribution in [-0.4, -0.2) is 0 Å². The zero-order valence-corrected chi connectivity index (χ0v) is 6.54. The maximum atomic E-state index is 5.15. The van der Waals surface area contributed by atoms with Gasteiger partial charge in [0.15, 0.2) is 0 Å². The van der Waals surface area contributed by atoms with Gasteiger partial charge in [0.1, 0.15) is 0 Å². The van der Waals surface area contributed by atoms with Gasteiger partial charge in [-0.1, -0.05) is 23.6 Å². The number of hydrogen-bond acceptors (Lipinski definition) is 0. The van der Waals surface area contributed by atoms with E-state index in [9.17, 15) is 0 Å². The third kappa shape index (κ3) is 3.14. The molecule has 1 aromatic carbocycles. The van der Waals surface area contributed by atoms with Gasteiger partial charge in [0.05, 0.1) is 0 Å². The van der Waals surface area contributed by atoms with Gasteiger partial charge in [0.25, 0.3) is 0 Å². The van der Waals surface area contributed by atoms with Crippen molar-refractivity contribution in [2.24, 2.45) is 0 Å². The quantitative estimate of drug-likeness (QED) is 0.487. The lowest BCUT2D eigenvalue weighted by atomic mass is 10.2. The summed E-state index contributed by atoms with van der Waals surface area (Å²) in [4.78, 5) is 0. The van der Waals surface area contributed by atoms with Crippen LogP contribution in [0.3, 0.4) is 0 Å². The Kier molecular flexibility index (Phi) is 4.37. The Morgan fingerprint density at radius 3 is 1.91 bits per heavy atom. The van der Waals surface area contributed by atoms with Crippen LogP contribution in [0.25, 0.3) is 0 Å². The molecule has 0 bridgehead atoms. The lowest BCUT2D eigenvalue weighted by Gasteiger charge is -1.89. The van der Waals surface area contributed by atoms with Gasteiger partial charge >= 0.3 is 0 Å². The summed E-state index contributed by atoms with van der Waals surface area (Å²) in [6.07, 6.45) is 13.1. The summed E-state index contributed by atoms with van der Waals surface area (Å²) in [5.74, 6) is 2.55. The predicted molar refractivity (Wildman–Crippen MR) is 49.0 cm³/mol. The second-order valence-electron chi connectivity index (χ2n) is 2.01. The highest BCUT2D eigenvalue weighted by Crippen LogP contribution is 1.99. The predicted octanol–water partition coefficient (Wildman–Crippen LogP) is 2.23. The minimum Gasteiger partial charge on any atom is -0.124 e. The fourth-order valence-electron chi connectivity index (χ4n) is 0.650. The highest BCUT2D eigenvalue weighted by Gasteiger charge is 1.82. The molecule has 0 amide bonds. The molecule has 0 aliphatic rings. The van der Waals surface area contributed by atoms with Gasteiger partial charge in [-0.05, 0) is 19.1 Å². The molecule has 0 aliphatic carbocycles. The molecule has 0 nitrogen and oxygen atoms in total. The summed E-state index contributed by atoms with van der Waals surface area (Å²) in [7, 11) is 0. The van der Waals surface area contributed by atoms with Gasteiger partial charge < -0.3 is 0 Å². The average Bonchev–Trinajstić information content (AvgIpc) is 2.10. The Morgan fingerprint density at radius 2 is 1.55 bits per heavy atom. The highest BCUT2D eigenvalue weighted by molar-refractivity contribution is 5.33. The van der Waals surface area contributed by atoms with Crippen LogP contribution in [0.5, 0.6) is 0 Å². The molecule has 0 saturated heterocycles. The first kappa shape index (κ1) is 9.34. The Hall–Kier alpha value is -1.66. The van der Waals surface area contributed by atoms with Gasteiger partial charge in [-0.15, -0.1) is 19.3 Å². The molecule has 0 atom stereocenters. The molecule has 0 N–H and O–H groups in total. The van der Waals surface area contributed by atoms with Crippen LogP contribution in [-0.2, 0) is 0 Å². The third-order valence-corrected chi connectivity index (χ3v) is 1.22. The van der Waals surface area contributed by atoms with Crippen LogP contribution in [0, 0.1) is 32.1 Å². The molecular weight excluding hydrogens is 132 g/mol. The molecule has 11 heavy (non-hydrogen) atoms. The minimum absolute atomic E-state index is 0.945. The van der Waals surface area contributed by atoms with Crippen molar-refractivity contribution in [3.63, 3.8) is 0 Å². The first-order valence-electron chi connectivity index (χ1n) is 3.19. The van der Waals surface area contributed by atoms with E-state index in [2.05, 4.69) is 18.8 Å². The molecule has 0 aliphatic heterocycles. The highest BCUT2D eigenvalue weighted by atomic mass is 13.9. The van der Waals surface area contributed by atoms with E-state index in [1.54, 1.807) is 0 Å². The van der Waals surface area contributed by atoms with Crippen molar-refractivity contribution in [3.05, 3.63) is 35.4 Å². The zero-order chi connectivity index (χ0) is 8.69. The largest absolute Gasteiger partial charge is 0.124 e. The van der Waals surface area contributed by atoms with Crippen molar-refractivity contribution in [2.45, 2.75) is 6.92 Å². The summed E-state index contributed by atoms with van der Waals surface area (Å²) < 4.78 is 0. The molecule has 0 fully saturated rings. The summed E-state index contributed by atoms with van der Waals surface area (Å²) in [5.41, 5.74) is 2.19. The van der Waals surface area contributed by atoms with Crippen LogP contribution in [0.4, 0.5) is 0 Å². The topological polar surface area (TPSA) is 0 Å². The fourth-order valence-corrected chi connectivity index (χ4v) is 0.650. The van der Waals surface area contributed by atoms with Gasteiger partial charge in [0.2, 0.25) is 0 Å². The molecule has 0 unspecified atom stereocenters. The maximum Gasteiger partial charge on any atom is 0.0242 e. The summed E-state index contributed by atoms with van der Waals surface area (Å²) in [5, 5.41) is 0. The molecule has 1 rings (SSSR count). The van der Waals surface area contributed by atoms with Crippen LogP contribution in [0.15, 0.2) is 24.3 Å². The number of aryl methyl sites for hydroxylation is 1. The van der Waals surface area contributed by atoms with Gasteiger partial charge in [-0.25, -0.2) is 0 Å². The smallest absolute Gasteiger partial charge is 0.0242 e. The van der Waals surface area contributed by atoms with Crippen LogP contribution in [0.1, 0.15) is 11.1 Å². The summed E-state index contributed by atoms with van der Waals surface area (Å²) in [6.45, 7) is 2.04. The number of terminal acetylenes is 2. The summed E-state index contributed by atoms with van der Waals surface area (Å²) in [6, 6.07) is 7.90. The molecule has 0 spiro atoms. The molecule has 0 heterocycles. The van der Waals surface area contributed by atoms with Gasteiger partial charge in [-0.2, -0.15) is 0 Å². The molecule has 0 saturated carbocycles.